The van der Waals surface area contributed by atoms with Crippen LogP contribution in [0.25, 0.3) is 11.3 Å². The van der Waals surface area contributed by atoms with Gasteiger partial charge in [-0.3, -0.25) is 14.9 Å². The Kier molecular flexibility index (Phi) is 4.13. The van der Waals surface area contributed by atoms with Crippen molar-refractivity contribution in [3.63, 3.8) is 0 Å². The van der Waals surface area contributed by atoms with Gasteiger partial charge in [-0.05, 0) is 28.1 Å². The fraction of sp³-hybridized carbons (Fsp3) is 0.0556. The predicted octanol–water partition coefficient (Wildman–Crippen LogP) is 2.79. The number of benzene rings is 2. The van der Waals surface area contributed by atoms with Gasteiger partial charge < -0.3 is 5.32 Å². The Morgan fingerprint density at radius 3 is 2.80 bits per heavy atom. The number of tetrazole rings is 1. The Morgan fingerprint density at radius 1 is 1.17 bits per heavy atom. The van der Waals surface area contributed by atoms with E-state index in [-0.39, 0.29) is 11.4 Å². The molecular weight excluding hydrogens is 456 g/mol. The van der Waals surface area contributed by atoms with Crippen LogP contribution in [0.5, 0.6) is 0 Å². The van der Waals surface area contributed by atoms with Gasteiger partial charge in [-0.2, -0.15) is 9.78 Å². The van der Waals surface area contributed by atoms with E-state index in [2.05, 4.69) is 47.0 Å². The molecule has 2 N–H and O–H groups in total. The van der Waals surface area contributed by atoms with E-state index in [9.17, 15) is 14.9 Å². The average Bonchev–Trinajstić information content (AvgIpc) is 3.21. The topological polar surface area (TPSA) is 145 Å². The Labute approximate surface area is 176 Å². The van der Waals surface area contributed by atoms with Crippen LogP contribution in [0.3, 0.4) is 0 Å². The Balaban J connectivity index is 1.82. The fourth-order valence-electron chi connectivity index (χ4n) is 3.51. The minimum Gasteiger partial charge on any atom is -0.318 e. The van der Waals surface area contributed by atoms with Crippen molar-refractivity contribution in [2.24, 2.45) is 0 Å². The molecule has 0 amide bonds. The van der Waals surface area contributed by atoms with E-state index in [1.54, 1.807) is 16.8 Å². The lowest BCUT2D eigenvalue weighted by Gasteiger charge is -2.27. The molecule has 3 heterocycles. The zero-order valence-corrected chi connectivity index (χ0v) is 16.6. The van der Waals surface area contributed by atoms with Crippen LogP contribution < -0.4 is 10.9 Å². The highest BCUT2D eigenvalue weighted by Crippen LogP contribution is 2.41. The number of hydrogen-bond acceptors (Lipinski definition) is 8. The third-order valence-electron chi connectivity index (χ3n) is 4.76. The number of nitro benzene ring substituents is 1. The molecule has 0 aliphatic carbocycles. The molecule has 0 unspecified atom stereocenters. The van der Waals surface area contributed by atoms with E-state index in [1.807, 2.05) is 24.3 Å². The molecule has 0 fully saturated rings. The normalized spacial score (nSPS) is 14.5. The van der Waals surface area contributed by atoms with Crippen molar-refractivity contribution in [3.8, 4) is 11.3 Å². The first-order valence-corrected chi connectivity index (χ1v) is 9.50. The standard InChI is InChI=1S/C18H11BrN8O3/c19-11-5-1-4-10(7-11)16-13-14(9-3-2-6-12(8-9)27(29)30)21-22-17(28)15(13)20-18-23-24-25-26(16)18/h1-8,16H,(H,22,28)(H,20,23,25)/t16-/m0/s1. The number of halogens is 1. The van der Waals surface area contributed by atoms with E-state index < -0.39 is 16.5 Å². The average molecular weight is 467 g/mol. The lowest BCUT2D eigenvalue weighted by Crippen LogP contribution is -2.29. The lowest BCUT2D eigenvalue weighted by molar-refractivity contribution is -0.384. The largest absolute Gasteiger partial charge is 0.318 e. The Morgan fingerprint density at radius 2 is 2.00 bits per heavy atom. The predicted molar refractivity (Wildman–Crippen MR) is 109 cm³/mol. The molecule has 12 heteroatoms. The third-order valence-corrected chi connectivity index (χ3v) is 5.26. The highest BCUT2D eigenvalue weighted by atomic mass is 79.9. The SMILES string of the molecule is O=c1[nH]nc(-c2cccc([N+](=O)[O-])c2)c2c1Nc1nnnn1[C@H]2c1cccc(Br)c1. The molecule has 30 heavy (non-hydrogen) atoms. The van der Waals surface area contributed by atoms with Crippen molar-refractivity contribution < 1.29 is 4.92 Å². The van der Waals surface area contributed by atoms with Crippen LogP contribution in [0, 0.1) is 10.1 Å². The van der Waals surface area contributed by atoms with Crippen LogP contribution in [-0.4, -0.2) is 35.3 Å². The minimum absolute atomic E-state index is 0.0832. The highest BCUT2D eigenvalue weighted by molar-refractivity contribution is 9.10. The van der Waals surface area contributed by atoms with Gasteiger partial charge in [0.2, 0.25) is 5.95 Å². The molecule has 0 saturated carbocycles. The quantitative estimate of drug-likeness (QED) is 0.305. The molecule has 2 aromatic carbocycles. The van der Waals surface area contributed by atoms with Gasteiger partial charge in [0.1, 0.15) is 11.7 Å². The maximum atomic E-state index is 12.6. The van der Waals surface area contributed by atoms with Gasteiger partial charge >= 0.3 is 0 Å². The number of aromatic nitrogens is 6. The summed E-state index contributed by atoms with van der Waals surface area (Å²) in [5.74, 6) is 0.300. The molecular formula is C18H11BrN8O3. The van der Waals surface area contributed by atoms with Crippen molar-refractivity contribution >= 4 is 33.3 Å². The lowest BCUT2D eigenvalue weighted by atomic mass is 9.92. The first-order chi connectivity index (χ1) is 14.5. The van der Waals surface area contributed by atoms with Crippen LogP contribution in [0.4, 0.5) is 17.3 Å². The monoisotopic (exact) mass is 466 g/mol. The molecule has 1 atom stereocenters. The molecule has 148 valence electrons. The number of hydrogen-bond donors (Lipinski definition) is 2. The van der Waals surface area contributed by atoms with E-state index in [4.69, 9.17) is 0 Å². The second-order valence-electron chi connectivity index (χ2n) is 6.53. The number of H-pyrrole nitrogens is 1. The maximum absolute atomic E-state index is 12.6. The number of fused-ring (bicyclic) bond motifs is 2. The summed E-state index contributed by atoms with van der Waals surface area (Å²) in [6, 6.07) is 13.0. The summed E-state index contributed by atoms with van der Waals surface area (Å²) in [5, 5.41) is 32.6. The number of non-ortho nitro benzene ring substituents is 1. The van der Waals surface area contributed by atoms with Crippen molar-refractivity contribution in [1.29, 1.82) is 0 Å². The molecule has 0 spiro atoms. The molecule has 1 aliphatic rings. The van der Waals surface area contributed by atoms with Crippen molar-refractivity contribution in [2.45, 2.75) is 6.04 Å². The van der Waals surface area contributed by atoms with Crippen LogP contribution in [0.2, 0.25) is 0 Å². The van der Waals surface area contributed by atoms with E-state index >= 15 is 0 Å². The molecule has 4 aromatic rings. The zero-order chi connectivity index (χ0) is 20.8. The summed E-state index contributed by atoms with van der Waals surface area (Å²) in [7, 11) is 0. The van der Waals surface area contributed by atoms with Gasteiger partial charge in [0.15, 0.2) is 0 Å². The van der Waals surface area contributed by atoms with Gasteiger partial charge in [0.05, 0.1) is 10.6 Å². The van der Waals surface area contributed by atoms with Gasteiger partial charge in [-0.15, -0.1) is 0 Å². The molecule has 0 saturated heterocycles. The Hall–Kier alpha value is -3.93. The van der Waals surface area contributed by atoms with Gasteiger partial charge in [-0.25, -0.2) is 5.10 Å². The number of nitro groups is 1. The first kappa shape index (κ1) is 18.1. The summed E-state index contributed by atoms with van der Waals surface area (Å²) in [6.07, 6.45) is 0. The van der Waals surface area contributed by atoms with Crippen LogP contribution in [0.1, 0.15) is 17.2 Å². The summed E-state index contributed by atoms with van der Waals surface area (Å²) in [4.78, 5) is 23.4. The van der Waals surface area contributed by atoms with Crippen LogP contribution >= 0.6 is 15.9 Å². The summed E-state index contributed by atoms with van der Waals surface area (Å²) in [5.41, 5.74) is 1.88. The van der Waals surface area contributed by atoms with Crippen molar-refractivity contribution in [3.05, 3.63) is 84.6 Å². The molecule has 1 aliphatic heterocycles. The third kappa shape index (κ3) is 2.85. The molecule has 0 bridgehead atoms. The van der Waals surface area contributed by atoms with E-state index in [1.165, 1.54) is 12.1 Å². The smallest absolute Gasteiger partial charge is 0.288 e. The maximum Gasteiger partial charge on any atom is 0.288 e. The zero-order valence-electron chi connectivity index (χ0n) is 15.0. The van der Waals surface area contributed by atoms with E-state index in [0.717, 1.165) is 10.0 Å². The molecule has 0 radical (unpaired) electrons. The van der Waals surface area contributed by atoms with Crippen LogP contribution in [0.15, 0.2) is 57.8 Å². The fourth-order valence-corrected chi connectivity index (χ4v) is 3.93. The summed E-state index contributed by atoms with van der Waals surface area (Å²) >= 11 is 3.47. The van der Waals surface area contributed by atoms with Crippen molar-refractivity contribution in [2.75, 3.05) is 5.32 Å². The second kappa shape index (κ2) is 6.84. The minimum atomic E-state index is -0.576. The Bertz CT molecular complexity index is 1370. The van der Waals surface area contributed by atoms with Crippen molar-refractivity contribution in [1.82, 2.24) is 30.4 Å². The molecule has 11 nitrogen and oxygen atoms in total. The molecule has 2 aromatic heterocycles. The number of nitrogens with zero attached hydrogens (tertiary/aromatic N) is 6. The second-order valence-corrected chi connectivity index (χ2v) is 7.44. The summed E-state index contributed by atoms with van der Waals surface area (Å²) in [6.45, 7) is 0. The van der Waals surface area contributed by atoms with Gasteiger partial charge in [-0.1, -0.05) is 45.3 Å². The first-order valence-electron chi connectivity index (χ1n) is 8.70. The number of anilines is 2. The number of nitrogens with one attached hydrogen (secondary N) is 2. The van der Waals surface area contributed by atoms with E-state index in [0.29, 0.717) is 22.8 Å². The highest BCUT2D eigenvalue weighted by Gasteiger charge is 2.34. The van der Waals surface area contributed by atoms with Gasteiger partial charge in [0.25, 0.3) is 11.2 Å². The number of rotatable bonds is 3. The summed E-state index contributed by atoms with van der Waals surface area (Å²) < 4.78 is 2.39. The van der Waals surface area contributed by atoms with Gasteiger partial charge in [0, 0.05) is 27.7 Å². The van der Waals surface area contributed by atoms with Crippen LogP contribution in [-0.2, 0) is 0 Å². The molecule has 5 rings (SSSR count). The number of aromatic amines is 1.